The molecular formula is C14H19N3S2. The van der Waals surface area contributed by atoms with Gasteiger partial charge in [-0.1, -0.05) is 55.9 Å². The van der Waals surface area contributed by atoms with Crippen molar-refractivity contribution in [1.29, 1.82) is 0 Å². The Morgan fingerprint density at radius 1 is 1.21 bits per heavy atom. The second-order valence-electron chi connectivity index (χ2n) is 4.87. The minimum Gasteiger partial charge on any atom is -0.323 e. The number of hydrogen-bond donors (Lipinski definition) is 1. The summed E-state index contributed by atoms with van der Waals surface area (Å²) in [5, 5.41) is 0.301. The maximum atomic E-state index is 6.43. The van der Waals surface area contributed by atoms with Gasteiger partial charge < -0.3 is 5.73 Å². The third kappa shape index (κ3) is 3.78. The van der Waals surface area contributed by atoms with Crippen molar-refractivity contribution in [2.24, 2.45) is 11.7 Å². The first kappa shape index (κ1) is 14.5. The van der Waals surface area contributed by atoms with Crippen LogP contribution in [0.15, 0.2) is 34.7 Å². The van der Waals surface area contributed by atoms with Crippen LogP contribution in [0.1, 0.15) is 31.3 Å². The Morgan fingerprint density at radius 3 is 2.42 bits per heavy atom. The number of rotatable bonds is 5. The highest BCUT2D eigenvalue weighted by molar-refractivity contribution is 8.01. The van der Waals surface area contributed by atoms with Gasteiger partial charge in [-0.15, -0.1) is 0 Å². The summed E-state index contributed by atoms with van der Waals surface area (Å²) in [6.45, 7) is 6.32. The highest BCUT2D eigenvalue weighted by Crippen LogP contribution is 2.36. The van der Waals surface area contributed by atoms with Crippen LogP contribution in [-0.2, 0) is 0 Å². The van der Waals surface area contributed by atoms with Crippen LogP contribution in [-0.4, -0.2) is 14.6 Å². The molecule has 19 heavy (non-hydrogen) atoms. The Balaban J connectivity index is 2.16. The maximum absolute atomic E-state index is 6.43. The second-order valence-corrected chi connectivity index (χ2v) is 7.05. The van der Waals surface area contributed by atoms with E-state index in [1.54, 1.807) is 11.8 Å². The molecule has 0 amide bonds. The molecule has 2 atom stereocenters. The highest BCUT2D eigenvalue weighted by atomic mass is 32.2. The topological polar surface area (TPSA) is 51.8 Å². The van der Waals surface area contributed by atoms with E-state index in [2.05, 4.69) is 35.3 Å². The van der Waals surface area contributed by atoms with Gasteiger partial charge in [0.2, 0.25) is 0 Å². The summed E-state index contributed by atoms with van der Waals surface area (Å²) in [7, 11) is 0. The van der Waals surface area contributed by atoms with Gasteiger partial charge in [0, 0.05) is 11.3 Å². The largest absolute Gasteiger partial charge is 0.323 e. The van der Waals surface area contributed by atoms with Gasteiger partial charge in [-0.05, 0) is 29.9 Å². The molecule has 3 nitrogen and oxygen atoms in total. The van der Waals surface area contributed by atoms with Gasteiger partial charge in [0.15, 0.2) is 4.34 Å². The summed E-state index contributed by atoms with van der Waals surface area (Å²) in [4.78, 5) is 4.42. The van der Waals surface area contributed by atoms with Crippen molar-refractivity contribution >= 4 is 23.3 Å². The molecule has 2 unspecified atom stereocenters. The van der Waals surface area contributed by atoms with E-state index in [9.17, 15) is 0 Å². The van der Waals surface area contributed by atoms with Gasteiger partial charge in [-0.25, -0.2) is 4.98 Å². The van der Waals surface area contributed by atoms with Gasteiger partial charge in [0.05, 0.1) is 0 Å². The Kier molecular flexibility index (Phi) is 4.96. The second kappa shape index (κ2) is 6.50. The van der Waals surface area contributed by atoms with Gasteiger partial charge >= 0.3 is 0 Å². The van der Waals surface area contributed by atoms with Crippen molar-refractivity contribution in [3.05, 3.63) is 41.7 Å². The molecular weight excluding hydrogens is 274 g/mol. The van der Waals surface area contributed by atoms with Crippen LogP contribution >= 0.6 is 23.3 Å². The Labute approximate surface area is 122 Å². The van der Waals surface area contributed by atoms with Crippen molar-refractivity contribution in [3.63, 3.8) is 0 Å². The number of hydrogen-bond acceptors (Lipinski definition) is 5. The first-order valence-electron chi connectivity index (χ1n) is 6.35. The van der Waals surface area contributed by atoms with E-state index >= 15 is 0 Å². The zero-order valence-corrected chi connectivity index (χ0v) is 13.0. The highest BCUT2D eigenvalue weighted by Gasteiger charge is 2.25. The molecule has 0 aliphatic rings. The fourth-order valence-electron chi connectivity index (χ4n) is 1.93. The minimum atomic E-state index is 0.00964. The molecule has 0 aliphatic carbocycles. The zero-order valence-electron chi connectivity index (χ0n) is 11.4. The number of nitrogens with zero attached hydrogens (tertiary/aromatic N) is 2. The Bertz CT molecular complexity index is 510. The smallest absolute Gasteiger partial charge is 0.170 e. The lowest BCUT2D eigenvalue weighted by Gasteiger charge is -2.26. The van der Waals surface area contributed by atoms with E-state index in [1.165, 1.54) is 17.1 Å². The molecule has 0 radical (unpaired) electrons. The molecule has 5 heteroatoms. The predicted octanol–water partition coefficient (Wildman–Crippen LogP) is 3.66. The summed E-state index contributed by atoms with van der Waals surface area (Å²) in [5.74, 6) is 1.31. The van der Waals surface area contributed by atoms with Crippen molar-refractivity contribution in [2.75, 3.05) is 0 Å². The fourth-order valence-corrected chi connectivity index (χ4v) is 3.97. The summed E-state index contributed by atoms with van der Waals surface area (Å²) >= 11 is 3.19. The molecule has 1 aromatic heterocycles. The molecule has 0 saturated carbocycles. The molecule has 0 fully saturated rings. The van der Waals surface area contributed by atoms with Crippen LogP contribution in [0, 0.1) is 12.8 Å². The normalized spacial score (nSPS) is 14.6. The molecule has 0 bridgehead atoms. The van der Waals surface area contributed by atoms with Crippen LogP contribution in [0.5, 0.6) is 0 Å². The molecule has 0 saturated heterocycles. The first-order valence-corrected chi connectivity index (χ1v) is 8.00. The van der Waals surface area contributed by atoms with Crippen LogP contribution < -0.4 is 5.73 Å². The van der Waals surface area contributed by atoms with Gasteiger partial charge in [0.1, 0.15) is 5.82 Å². The standard InChI is InChI=1S/C14H19N3S2/c1-9(2)13(18-14-16-10(3)17-19-14)12(15)11-7-5-4-6-8-11/h4-9,12-13H,15H2,1-3H3. The number of nitrogens with two attached hydrogens (primary N) is 1. The lowest BCUT2D eigenvalue weighted by atomic mass is 9.97. The Hall–Kier alpha value is -0.910. The van der Waals surface area contributed by atoms with E-state index in [0.29, 0.717) is 11.2 Å². The van der Waals surface area contributed by atoms with Crippen LogP contribution in [0.3, 0.4) is 0 Å². The first-order chi connectivity index (χ1) is 9.08. The summed E-state index contributed by atoms with van der Waals surface area (Å²) in [5.41, 5.74) is 7.61. The number of benzene rings is 1. The van der Waals surface area contributed by atoms with Crippen molar-refractivity contribution < 1.29 is 0 Å². The number of aromatic nitrogens is 2. The molecule has 2 rings (SSSR count). The molecule has 1 heterocycles. The average molecular weight is 293 g/mol. The van der Waals surface area contributed by atoms with Gasteiger partial charge in [-0.3, -0.25) is 0 Å². The molecule has 2 N–H and O–H groups in total. The van der Waals surface area contributed by atoms with Crippen LogP contribution in [0.25, 0.3) is 0 Å². The third-order valence-electron chi connectivity index (χ3n) is 2.94. The van der Waals surface area contributed by atoms with Crippen LogP contribution in [0.2, 0.25) is 0 Å². The van der Waals surface area contributed by atoms with E-state index < -0.39 is 0 Å². The predicted molar refractivity (Wildman–Crippen MR) is 82.5 cm³/mol. The number of thioether (sulfide) groups is 1. The van der Waals surface area contributed by atoms with Crippen LogP contribution in [0.4, 0.5) is 0 Å². The monoisotopic (exact) mass is 293 g/mol. The van der Waals surface area contributed by atoms with Crippen molar-refractivity contribution in [1.82, 2.24) is 9.36 Å². The molecule has 2 aromatic rings. The lowest BCUT2D eigenvalue weighted by molar-refractivity contribution is 0.527. The van der Waals surface area contributed by atoms with E-state index in [0.717, 1.165) is 10.2 Å². The summed E-state index contributed by atoms with van der Waals surface area (Å²) < 4.78 is 5.23. The average Bonchev–Trinajstić information content (AvgIpc) is 2.81. The third-order valence-corrected chi connectivity index (χ3v) is 5.46. The van der Waals surface area contributed by atoms with Crippen molar-refractivity contribution in [2.45, 2.75) is 36.4 Å². The number of aryl methyl sites for hydroxylation is 1. The summed E-state index contributed by atoms with van der Waals surface area (Å²) in [6.07, 6.45) is 0. The van der Waals surface area contributed by atoms with E-state index in [1.807, 2.05) is 25.1 Å². The molecule has 102 valence electrons. The quantitative estimate of drug-likeness (QED) is 0.855. The van der Waals surface area contributed by atoms with Gasteiger partial charge in [-0.2, -0.15) is 4.37 Å². The zero-order chi connectivity index (χ0) is 13.8. The molecule has 1 aromatic carbocycles. The van der Waals surface area contributed by atoms with E-state index in [4.69, 9.17) is 5.73 Å². The Morgan fingerprint density at radius 2 is 1.89 bits per heavy atom. The SMILES string of the molecule is Cc1nsc(SC(C(C)C)C(N)c2ccccc2)n1. The van der Waals surface area contributed by atoms with E-state index in [-0.39, 0.29) is 6.04 Å². The van der Waals surface area contributed by atoms with Gasteiger partial charge in [0.25, 0.3) is 0 Å². The lowest BCUT2D eigenvalue weighted by Crippen LogP contribution is -2.28. The fraction of sp³-hybridized carbons (Fsp3) is 0.429. The maximum Gasteiger partial charge on any atom is 0.170 e. The molecule has 0 spiro atoms. The minimum absolute atomic E-state index is 0.00964. The van der Waals surface area contributed by atoms with Crippen molar-refractivity contribution in [3.8, 4) is 0 Å². The molecule has 0 aliphatic heterocycles. The summed E-state index contributed by atoms with van der Waals surface area (Å²) in [6, 6.07) is 10.3.